The summed E-state index contributed by atoms with van der Waals surface area (Å²) in [5, 5.41) is 21.4. The van der Waals surface area contributed by atoms with Crippen molar-refractivity contribution in [3.05, 3.63) is 104 Å². The van der Waals surface area contributed by atoms with Crippen LogP contribution in [0.3, 0.4) is 0 Å². The van der Waals surface area contributed by atoms with Gasteiger partial charge in [0.25, 0.3) is 0 Å². The van der Waals surface area contributed by atoms with Gasteiger partial charge in [0.05, 0.1) is 29.1 Å². The van der Waals surface area contributed by atoms with Gasteiger partial charge in [0.1, 0.15) is 17.7 Å². The number of ether oxygens (including phenoxy) is 1. The van der Waals surface area contributed by atoms with Crippen LogP contribution in [0.2, 0.25) is 0 Å². The summed E-state index contributed by atoms with van der Waals surface area (Å²) in [4.78, 5) is 52.0. The van der Waals surface area contributed by atoms with E-state index in [1.165, 1.54) is 16.2 Å². The lowest BCUT2D eigenvalue weighted by atomic mass is 9.93. The number of hydrogen-bond acceptors (Lipinski definition) is 9. The lowest BCUT2D eigenvalue weighted by molar-refractivity contribution is -0.124. The van der Waals surface area contributed by atoms with E-state index < -0.39 is 30.3 Å². The number of rotatable bonds is 17. The smallest absolute Gasteiger partial charge is 0.407 e. The first-order valence-corrected chi connectivity index (χ1v) is 18.5. The summed E-state index contributed by atoms with van der Waals surface area (Å²) in [5.74, 6) is -0.227. The maximum Gasteiger partial charge on any atom is 0.407 e. The minimum absolute atomic E-state index is 0.0671. The van der Waals surface area contributed by atoms with Gasteiger partial charge in [-0.1, -0.05) is 88.4 Å². The van der Waals surface area contributed by atoms with Crippen molar-refractivity contribution < 1.29 is 24.2 Å². The largest absolute Gasteiger partial charge is 0.444 e. The molecule has 0 bridgehead atoms. The number of nitrogens with one attached hydrogen (secondary N) is 3. The van der Waals surface area contributed by atoms with Crippen molar-refractivity contribution in [1.82, 2.24) is 30.8 Å². The number of alkyl carbamates (subject to hydrolysis) is 1. The zero-order valence-corrected chi connectivity index (χ0v) is 30.9. The molecule has 0 saturated carbocycles. The third-order valence-electron chi connectivity index (χ3n) is 8.18. The SMILES string of the molecule is CC(C)c1cnc(CN(C)C(=O)NC(C(=O)NC(Cc2ccccc2)CC(O)C(Cc2ccccc2)NC(=O)OCc2cncs2)C(C)C)s1. The van der Waals surface area contributed by atoms with Crippen molar-refractivity contribution in [2.24, 2.45) is 5.92 Å². The van der Waals surface area contributed by atoms with Crippen molar-refractivity contribution in [2.75, 3.05) is 7.05 Å². The summed E-state index contributed by atoms with van der Waals surface area (Å²) >= 11 is 2.95. The number of carbonyl (C=O) groups is 3. The minimum atomic E-state index is -1.05. The normalized spacial score (nSPS) is 13.7. The van der Waals surface area contributed by atoms with E-state index in [-0.39, 0.29) is 30.9 Å². The van der Waals surface area contributed by atoms with Gasteiger partial charge in [0.15, 0.2) is 0 Å². The van der Waals surface area contributed by atoms with Crippen molar-refractivity contribution in [3.63, 3.8) is 0 Å². The highest BCUT2D eigenvalue weighted by atomic mass is 32.1. The molecule has 4 atom stereocenters. The van der Waals surface area contributed by atoms with E-state index in [0.29, 0.717) is 25.3 Å². The number of urea groups is 1. The van der Waals surface area contributed by atoms with Gasteiger partial charge in [0.2, 0.25) is 5.91 Å². The Morgan fingerprint density at radius 3 is 2.14 bits per heavy atom. The Morgan fingerprint density at radius 2 is 1.56 bits per heavy atom. The fourth-order valence-electron chi connectivity index (χ4n) is 5.35. The molecule has 268 valence electrons. The molecular weight excluding hydrogens is 673 g/mol. The standard InChI is InChI=1S/C37H48N6O5S2/c1-24(2)32-20-39-33(50-32)21-43(5)36(46)42-34(25(3)4)35(45)40-28(16-26-12-8-6-9-13-26)18-31(44)30(17-27-14-10-7-11-15-27)41-37(47)48-22-29-19-38-23-49-29/h6-15,19-20,23-25,28,30-31,34,44H,16-18,21-22H2,1-5H3,(H,40,45)(H,41,47)(H,42,46). The number of carbonyl (C=O) groups excluding carboxylic acids is 3. The van der Waals surface area contributed by atoms with E-state index in [0.717, 1.165) is 25.9 Å². The Morgan fingerprint density at radius 1 is 0.900 bits per heavy atom. The van der Waals surface area contributed by atoms with Crippen molar-refractivity contribution in [3.8, 4) is 0 Å². The predicted octanol–water partition coefficient (Wildman–Crippen LogP) is 5.91. The van der Waals surface area contributed by atoms with Crippen LogP contribution in [0.1, 0.15) is 65.9 Å². The first kappa shape index (κ1) is 38.5. The highest BCUT2D eigenvalue weighted by Crippen LogP contribution is 2.23. The van der Waals surface area contributed by atoms with E-state index in [1.807, 2.05) is 80.7 Å². The molecule has 0 saturated heterocycles. The Hall–Kier alpha value is -4.33. The topological polar surface area (TPSA) is 146 Å². The van der Waals surface area contributed by atoms with Gasteiger partial charge < -0.3 is 30.7 Å². The Kier molecular flexibility index (Phi) is 14.7. The second-order valence-corrected chi connectivity index (χ2v) is 15.1. The van der Waals surface area contributed by atoms with Gasteiger partial charge >= 0.3 is 12.1 Å². The van der Waals surface area contributed by atoms with Gasteiger partial charge in [0, 0.05) is 30.4 Å². The fraction of sp³-hybridized carbons (Fsp3) is 0.432. The molecule has 4 rings (SSSR count). The van der Waals surface area contributed by atoms with Crippen LogP contribution in [0, 0.1) is 5.92 Å². The predicted molar refractivity (Wildman–Crippen MR) is 197 cm³/mol. The Bertz CT molecular complexity index is 1620. The lowest BCUT2D eigenvalue weighted by Gasteiger charge is -2.30. The zero-order valence-electron chi connectivity index (χ0n) is 29.2. The number of thiazole rings is 2. The van der Waals surface area contributed by atoms with Crippen molar-refractivity contribution >= 4 is 40.7 Å². The molecule has 4 amide bonds. The van der Waals surface area contributed by atoms with Crippen LogP contribution in [0.4, 0.5) is 9.59 Å². The first-order valence-electron chi connectivity index (χ1n) is 16.8. The summed E-state index contributed by atoms with van der Waals surface area (Å²) in [6, 6.07) is 16.8. The monoisotopic (exact) mass is 720 g/mol. The highest BCUT2D eigenvalue weighted by molar-refractivity contribution is 7.11. The molecule has 0 radical (unpaired) electrons. The number of amides is 4. The molecule has 4 aromatic rings. The van der Waals surface area contributed by atoms with Crippen LogP contribution in [-0.4, -0.2) is 69.3 Å². The lowest BCUT2D eigenvalue weighted by Crippen LogP contribution is -2.55. The van der Waals surface area contributed by atoms with Gasteiger partial charge in [-0.3, -0.25) is 9.78 Å². The zero-order chi connectivity index (χ0) is 36.0. The second kappa shape index (κ2) is 19.2. The van der Waals surface area contributed by atoms with Gasteiger partial charge in [-0.05, 0) is 42.2 Å². The van der Waals surface area contributed by atoms with E-state index >= 15 is 0 Å². The molecule has 0 aliphatic carbocycles. The molecule has 11 nitrogen and oxygen atoms in total. The minimum Gasteiger partial charge on any atom is -0.444 e. The van der Waals surface area contributed by atoms with Crippen LogP contribution in [-0.2, 0) is 35.5 Å². The van der Waals surface area contributed by atoms with Gasteiger partial charge in [-0.2, -0.15) is 0 Å². The van der Waals surface area contributed by atoms with Crippen LogP contribution in [0.25, 0.3) is 0 Å². The summed E-state index contributed by atoms with van der Waals surface area (Å²) < 4.78 is 5.43. The summed E-state index contributed by atoms with van der Waals surface area (Å²) in [5.41, 5.74) is 3.56. The number of hydrogen-bond donors (Lipinski definition) is 4. The molecule has 2 aromatic carbocycles. The Balaban J connectivity index is 1.46. The second-order valence-electron chi connectivity index (χ2n) is 13.0. The number of benzene rings is 2. The molecule has 13 heteroatoms. The molecule has 0 fully saturated rings. The van der Waals surface area contributed by atoms with Gasteiger partial charge in [-0.25, -0.2) is 14.6 Å². The summed E-state index contributed by atoms with van der Waals surface area (Å²) in [7, 11) is 1.68. The van der Waals surface area contributed by atoms with Crippen LogP contribution in [0.15, 0.2) is 78.6 Å². The number of nitrogens with zero attached hydrogens (tertiary/aromatic N) is 3. The first-order chi connectivity index (χ1) is 24.0. The maximum absolute atomic E-state index is 13.9. The van der Waals surface area contributed by atoms with Crippen molar-refractivity contribution in [2.45, 2.75) is 90.3 Å². The van der Waals surface area contributed by atoms with Crippen LogP contribution in [0.5, 0.6) is 0 Å². The average Bonchev–Trinajstić information content (AvgIpc) is 3.79. The van der Waals surface area contributed by atoms with E-state index in [2.05, 4.69) is 39.8 Å². The van der Waals surface area contributed by atoms with Crippen LogP contribution >= 0.6 is 22.7 Å². The summed E-state index contributed by atoms with van der Waals surface area (Å²) in [6.07, 6.45) is 2.68. The Labute approximate surface area is 302 Å². The average molecular weight is 721 g/mol. The number of aliphatic hydroxyl groups excluding tert-OH is 1. The molecule has 0 spiro atoms. The fourth-order valence-corrected chi connectivity index (χ4v) is 6.83. The maximum atomic E-state index is 13.9. The third-order valence-corrected chi connectivity index (χ3v) is 10.2. The van der Waals surface area contributed by atoms with E-state index in [4.69, 9.17) is 4.74 Å². The summed E-state index contributed by atoms with van der Waals surface area (Å²) in [6.45, 7) is 8.34. The molecular formula is C37H48N6O5S2. The third kappa shape index (κ3) is 12.2. The van der Waals surface area contributed by atoms with E-state index in [9.17, 15) is 19.5 Å². The van der Waals surface area contributed by atoms with Crippen LogP contribution < -0.4 is 16.0 Å². The highest BCUT2D eigenvalue weighted by Gasteiger charge is 2.31. The van der Waals surface area contributed by atoms with Gasteiger partial charge in [-0.15, -0.1) is 22.7 Å². The molecule has 2 aromatic heterocycles. The molecule has 4 unspecified atom stereocenters. The molecule has 4 N–H and O–H groups in total. The molecule has 0 aliphatic heterocycles. The van der Waals surface area contributed by atoms with E-state index in [1.54, 1.807) is 30.1 Å². The number of aromatic nitrogens is 2. The van der Waals surface area contributed by atoms with Crippen molar-refractivity contribution in [1.29, 1.82) is 0 Å². The molecule has 50 heavy (non-hydrogen) atoms. The molecule has 0 aliphatic rings. The molecule has 2 heterocycles. The number of aliphatic hydroxyl groups is 1. The quantitative estimate of drug-likeness (QED) is 0.106.